The van der Waals surface area contributed by atoms with Crippen LogP contribution >= 0.6 is 15.9 Å². The van der Waals surface area contributed by atoms with Gasteiger partial charge in [-0.15, -0.1) is 0 Å². The summed E-state index contributed by atoms with van der Waals surface area (Å²) in [6, 6.07) is 13.8. The van der Waals surface area contributed by atoms with Gasteiger partial charge in [0.15, 0.2) is 5.78 Å². The summed E-state index contributed by atoms with van der Waals surface area (Å²) in [5.74, 6) is -0.693. The average molecular weight is 293 g/mol. The molecule has 0 saturated carbocycles. The smallest absolute Gasteiger partial charge is 0.170 e. The van der Waals surface area contributed by atoms with Crippen LogP contribution in [0, 0.1) is 5.82 Å². The molecule has 0 saturated heterocycles. The molecule has 1 nitrogen and oxygen atoms in total. The summed E-state index contributed by atoms with van der Waals surface area (Å²) in [6.07, 6.45) is 0.222. The van der Waals surface area contributed by atoms with E-state index in [-0.39, 0.29) is 17.8 Å². The minimum Gasteiger partial charge on any atom is -0.294 e. The summed E-state index contributed by atoms with van der Waals surface area (Å²) >= 11 is 3.16. The second kappa shape index (κ2) is 5.23. The van der Waals surface area contributed by atoms with Crippen LogP contribution in [-0.4, -0.2) is 5.78 Å². The Kier molecular flexibility index (Phi) is 3.69. The van der Waals surface area contributed by atoms with Gasteiger partial charge in [0, 0.05) is 10.9 Å². The second-order valence-electron chi connectivity index (χ2n) is 3.71. The molecule has 0 radical (unpaired) electrons. The van der Waals surface area contributed by atoms with Crippen molar-refractivity contribution < 1.29 is 9.18 Å². The molecule has 0 aliphatic carbocycles. The molecule has 3 heteroatoms. The fourth-order valence-electron chi connectivity index (χ4n) is 1.59. The number of Topliss-reactive ketones (excluding diaryl/α,β-unsaturated/α-hetero) is 1. The minimum absolute atomic E-state index is 0.136. The van der Waals surface area contributed by atoms with Crippen molar-refractivity contribution in [2.24, 2.45) is 0 Å². The minimum atomic E-state index is -0.486. The van der Waals surface area contributed by atoms with E-state index in [4.69, 9.17) is 0 Å². The van der Waals surface area contributed by atoms with Crippen LogP contribution in [-0.2, 0) is 6.42 Å². The molecular formula is C14H10BrFO. The van der Waals surface area contributed by atoms with Crippen LogP contribution in [0.4, 0.5) is 4.39 Å². The lowest BCUT2D eigenvalue weighted by molar-refractivity contribution is 0.0989. The summed E-state index contributed by atoms with van der Waals surface area (Å²) in [6.45, 7) is 0. The van der Waals surface area contributed by atoms with Gasteiger partial charge in [-0.25, -0.2) is 4.39 Å². The quantitative estimate of drug-likeness (QED) is 0.781. The number of halogens is 2. The monoisotopic (exact) mass is 292 g/mol. The molecule has 86 valence electrons. The highest BCUT2D eigenvalue weighted by Gasteiger charge is 2.12. The third kappa shape index (κ3) is 3.01. The van der Waals surface area contributed by atoms with Crippen molar-refractivity contribution in [2.75, 3.05) is 0 Å². The molecule has 2 aromatic carbocycles. The maximum Gasteiger partial charge on any atom is 0.170 e. The van der Waals surface area contributed by atoms with Crippen LogP contribution in [0.2, 0.25) is 0 Å². The lowest BCUT2D eigenvalue weighted by atomic mass is 10.0. The van der Waals surface area contributed by atoms with Gasteiger partial charge in [0.25, 0.3) is 0 Å². The molecular weight excluding hydrogens is 283 g/mol. The van der Waals surface area contributed by atoms with Crippen molar-refractivity contribution in [3.05, 3.63) is 69.9 Å². The Balaban J connectivity index is 2.21. The largest absolute Gasteiger partial charge is 0.294 e. The molecule has 2 aromatic rings. The van der Waals surface area contributed by atoms with Gasteiger partial charge in [-0.1, -0.05) is 46.3 Å². The van der Waals surface area contributed by atoms with E-state index < -0.39 is 5.82 Å². The zero-order valence-corrected chi connectivity index (χ0v) is 10.6. The lowest BCUT2D eigenvalue weighted by Gasteiger charge is -2.03. The van der Waals surface area contributed by atoms with Gasteiger partial charge < -0.3 is 0 Å². The zero-order chi connectivity index (χ0) is 12.3. The molecule has 0 aliphatic heterocycles. The number of hydrogen-bond acceptors (Lipinski definition) is 1. The molecule has 0 atom stereocenters. The van der Waals surface area contributed by atoms with Crippen LogP contribution in [0.3, 0.4) is 0 Å². The summed E-state index contributed by atoms with van der Waals surface area (Å²) in [5, 5.41) is 0. The summed E-state index contributed by atoms with van der Waals surface area (Å²) < 4.78 is 14.2. The third-order valence-electron chi connectivity index (χ3n) is 2.44. The fourth-order valence-corrected chi connectivity index (χ4v) is 1.93. The summed E-state index contributed by atoms with van der Waals surface area (Å²) in [7, 11) is 0. The molecule has 0 fully saturated rings. The molecule has 0 aliphatic rings. The Labute approximate surface area is 107 Å². The van der Waals surface area contributed by atoms with Crippen LogP contribution in [0.1, 0.15) is 15.9 Å². The second-order valence-corrected chi connectivity index (χ2v) is 4.63. The highest BCUT2D eigenvalue weighted by atomic mass is 79.9. The van der Waals surface area contributed by atoms with E-state index in [0.717, 1.165) is 5.56 Å². The Morgan fingerprint density at radius 1 is 1.12 bits per heavy atom. The van der Waals surface area contributed by atoms with E-state index in [1.54, 1.807) is 6.07 Å². The lowest BCUT2D eigenvalue weighted by Crippen LogP contribution is -2.05. The fraction of sp³-hybridized carbons (Fsp3) is 0.0714. The molecule has 0 heterocycles. The van der Waals surface area contributed by atoms with Gasteiger partial charge in [0.2, 0.25) is 0 Å². The Morgan fingerprint density at radius 3 is 2.47 bits per heavy atom. The molecule has 0 spiro atoms. The van der Waals surface area contributed by atoms with Gasteiger partial charge in [0.1, 0.15) is 5.82 Å². The number of carbonyl (C=O) groups excluding carboxylic acids is 1. The van der Waals surface area contributed by atoms with Crippen molar-refractivity contribution in [1.82, 2.24) is 0 Å². The van der Waals surface area contributed by atoms with Crippen LogP contribution in [0.15, 0.2) is 53.0 Å². The maximum atomic E-state index is 13.6. The van der Waals surface area contributed by atoms with Crippen LogP contribution in [0.25, 0.3) is 0 Å². The number of ketones is 1. The normalized spacial score (nSPS) is 10.2. The molecule has 0 unspecified atom stereocenters. The van der Waals surface area contributed by atoms with Crippen LogP contribution in [0.5, 0.6) is 0 Å². The third-order valence-corrected chi connectivity index (χ3v) is 2.93. The van der Waals surface area contributed by atoms with Gasteiger partial charge in [-0.2, -0.15) is 0 Å². The van der Waals surface area contributed by atoms with E-state index in [0.29, 0.717) is 4.47 Å². The highest BCUT2D eigenvalue weighted by molar-refractivity contribution is 9.10. The molecule has 0 N–H and O–H groups in total. The molecule has 0 amide bonds. The van der Waals surface area contributed by atoms with Crippen molar-refractivity contribution in [1.29, 1.82) is 0 Å². The molecule has 2 rings (SSSR count). The summed E-state index contributed by atoms with van der Waals surface area (Å²) in [4.78, 5) is 11.9. The van der Waals surface area contributed by atoms with E-state index in [9.17, 15) is 9.18 Å². The van der Waals surface area contributed by atoms with Gasteiger partial charge >= 0.3 is 0 Å². The topological polar surface area (TPSA) is 17.1 Å². The Bertz CT molecular complexity index is 537. The van der Waals surface area contributed by atoms with E-state index in [1.807, 2.05) is 30.3 Å². The van der Waals surface area contributed by atoms with Gasteiger partial charge in [-0.3, -0.25) is 4.79 Å². The standard InChI is InChI=1S/C14H10BrFO/c15-11-6-7-12(13(16)9-11)14(17)8-10-4-2-1-3-5-10/h1-7,9H,8H2. The first-order valence-corrected chi connectivity index (χ1v) is 5.98. The van der Waals surface area contributed by atoms with Crippen molar-refractivity contribution in [3.8, 4) is 0 Å². The first-order chi connectivity index (χ1) is 8.16. The molecule has 0 bridgehead atoms. The Hall–Kier alpha value is -1.48. The van der Waals surface area contributed by atoms with E-state index >= 15 is 0 Å². The number of rotatable bonds is 3. The zero-order valence-electron chi connectivity index (χ0n) is 8.99. The van der Waals surface area contributed by atoms with E-state index in [1.165, 1.54) is 12.1 Å². The predicted molar refractivity (Wildman–Crippen MR) is 68.6 cm³/mol. The first-order valence-electron chi connectivity index (χ1n) is 5.19. The van der Waals surface area contributed by atoms with Crippen molar-refractivity contribution >= 4 is 21.7 Å². The SMILES string of the molecule is O=C(Cc1ccccc1)c1ccc(Br)cc1F. The summed E-state index contributed by atoms with van der Waals surface area (Å²) in [5.41, 5.74) is 1.02. The number of carbonyl (C=O) groups is 1. The first kappa shape index (κ1) is 12.0. The van der Waals surface area contributed by atoms with Crippen molar-refractivity contribution in [3.63, 3.8) is 0 Å². The van der Waals surface area contributed by atoms with Gasteiger partial charge in [0.05, 0.1) is 5.56 Å². The Morgan fingerprint density at radius 2 is 1.82 bits per heavy atom. The van der Waals surface area contributed by atoms with Crippen molar-refractivity contribution in [2.45, 2.75) is 6.42 Å². The maximum absolute atomic E-state index is 13.6. The molecule has 17 heavy (non-hydrogen) atoms. The van der Waals surface area contributed by atoms with Gasteiger partial charge in [-0.05, 0) is 23.8 Å². The molecule has 0 aromatic heterocycles. The predicted octanol–water partition coefficient (Wildman–Crippen LogP) is 4.01. The average Bonchev–Trinajstić information content (AvgIpc) is 2.30. The van der Waals surface area contributed by atoms with E-state index in [2.05, 4.69) is 15.9 Å². The number of benzene rings is 2. The highest BCUT2D eigenvalue weighted by Crippen LogP contribution is 2.17. The number of hydrogen-bond donors (Lipinski definition) is 0. The van der Waals surface area contributed by atoms with Crippen LogP contribution < -0.4 is 0 Å².